The summed E-state index contributed by atoms with van der Waals surface area (Å²) in [5.74, 6) is 0. The summed E-state index contributed by atoms with van der Waals surface area (Å²) >= 11 is 0. The van der Waals surface area contributed by atoms with Gasteiger partial charge in [-0.15, -0.1) is 6.58 Å². The molecule has 0 radical (unpaired) electrons. The van der Waals surface area contributed by atoms with Crippen molar-refractivity contribution >= 4 is 6.08 Å². The summed E-state index contributed by atoms with van der Waals surface area (Å²) in [5, 5.41) is 0. The summed E-state index contributed by atoms with van der Waals surface area (Å²) < 4.78 is 0. The van der Waals surface area contributed by atoms with Crippen molar-refractivity contribution in [3.05, 3.63) is 114 Å². The van der Waals surface area contributed by atoms with Crippen LogP contribution in [-0.4, -0.2) is 0 Å². The van der Waals surface area contributed by atoms with Crippen LogP contribution in [0.5, 0.6) is 0 Å². The van der Waals surface area contributed by atoms with Gasteiger partial charge >= 0.3 is 0 Å². The lowest BCUT2D eigenvalue weighted by Crippen LogP contribution is -1.90. The molecule has 172 valence electrons. The van der Waals surface area contributed by atoms with Gasteiger partial charge in [-0.05, 0) is 82.8 Å². The summed E-state index contributed by atoms with van der Waals surface area (Å²) in [4.78, 5) is 0. The van der Waals surface area contributed by atoms with Crippen molar-refractivity contribution in [2.45, 2.75) is 78.1 Å². The van der Waals surface area contributed by atoms with E-state index in [9.17, 15) is 0 Å². The number of aryl methyl sites for hydroxylation is 2. The highest BCUT2D eigenvalue weighted by Gasteiger charge is 2.01. The van der Waals surface area contributed by atoms with E-state index >= 15 is 0 Å². The summed E-state index contributed by atoms with van der Waals surface area (Å²) in [6.45, 7) is 19.3. The van der Waals surface area contributed by atoms with Gasteiger partial charge in [-0.25, -0.2) is 0 Å². The predicted octanol–water partition coefficient (Wildman–Crippen LogP) is 9.98. The molecule has 0 bridgehead atoms. The Morgan fingerprint density at radius 2 is 1.03 bits per heavy atom. The lowest BCUT2D eigenvalue weighted by molar-refractivity contribution is 0.601. The summed E-state index contributed by atoms with van der Waals surface area (Å²) in [5.41, 5.74) is 8.04. The minimum absolute atomic E-state index is 0.972. The Morgan fingerprint density at radius 1 is 0.625 bits per heavy atom. The molecule has 2 saturated carbocycles. The van der Waals surface area contributed by atoms with Crippen molar-refractivity contribution in [1.82, 2.24) is 0 Å². The van der Waals surface area contributed by atoms with Crippen molar-refractivity contribution < 1.29 is 0 Å². The Labute approximate surface area is 198 Å². The first-order valence-corrected chi connectivity index (χ1v) is 12.1. The van der Waals surface area contributed by atoms with E-state index in [0.717, 1.165) is 6.42 Å². The fourth-order valence-corrected chi connectivity index (χ4v) is 3.52. The molecule has 0 atom stereocenters. The average molecular weight is 429 g/mol. The van der Waals surface area contributed by atoms with Gasteiger partial charge in [0.15, 0.2) is 0 Å². The zero-order chi connectivity index (χ0) is 23.6. The lowest BCUT2D eigenvalue weighted by Gasteiger charge is -2.10. The highest BCUT2D eigenvalue weighted by molar-refractivity contribution is 5.46. The Hall–Kier alpha value is -2.60. The average Bonchev–Trinajstić information content (AvgIpc) is 3.29. The monoisotopic (exact) mass is 428 g/mol. The maximum Gasteiger partial charge on any atom is -0.0100 e. The molecule has 0 heteroatoms. The third-order valence-electron chi connectivity index (χ3n) is 5.69. The van der Waals surface area contributed by atoms with Gasteiger partial charge in [0.25, 0.3) is 0 Å². The second-order valence-corrected chi connectivity index (χ2v) is 8.86. The smallest absolute Gasteiger partial charge is 0.0100 e. The van der Waals surface area contributed by atoms with Crippen LogP contribution in [0.15, 0.2) is 92.1 Å². The molecule has 2 aromatic carbocycles. The van der Waals surface area contributed by atoms with Crippen LogP contribution in [0.25, 0.3) is 6.08 Å². The van der Waals surface area contributed by atoms with Crippen LogP contribution in [0.3, 0.4) is 0 Å². The topological polar surface area (TPSA) is 0 Å². The van der Waals surface area contributed by atoms with E-state index in [4.69, 9.17) is 0 Å². The van der Waals surface area contributed by atoms with E-state index in [0.29, 0.717) is 0 Å². The van der Waals surface area contributed by atoms with Gasteiger partial charge in [0.1, 0.15) is 0 Å². The van der Waals surface area contributed by atoms with Gasteiger partial charge in [-0.3, -0.25) is 0 Å². The zero-order valence-corrected chi connectivity index (χ0v) is 20.7. The second-order valence-electron chi connectivity index (χ2n) is 8.86. The fraction of sp³-hybridized carbons (Fsp3) is 0.375. The largest absolute Gasteiger partial charge is 0.103 e. The normalized spacial score (nSPS) is 14.6. The molecule has 0 nitrogen and oxygen atoms in total. The Kier molecular flexibility index (Phi) is 14.6. The third-order valence-corrected chi connectivity index (χ3v) is 5.69. The molecule has 0 unspecified atom stereocenters. The fourth-order valence-electron chi connectivity index (χ4n) is 3.52. The van der Waals surface area contributed by atoms with Crippen LogP contribution in [0, 0.1) is 13.8 Å². The SMILES string of the molecule is C=C1CCCC1.C=C1CCCCC1.C=CCc1ccc(C)cc1.C=Cc1ccc(C)cc1. The molecule has 0 aromatic heterocycles. The minimum atomic E-state index is 0.972. The zero-order valence-electron chi connectivity index (χ0n) is 20.7. The minimum Gasteiger partial charge on any atom is -0.103 e. The molecular formula is C32H44. The van der Waals surface area contributed by atoms with E-state index in [-0.39, 0.29) is 0 Å². The first-order chi connectivity index (χ1) is 15.4. The number of rotatable bonds is 3. The van der Waals surface area contributed by atoms with Gasteiger partial charge in [0, 0.05) is 0 Å². The van der Waals surface area contributed by atoms with Crippen molar-refractivity contribution in [1.29, 1.82) is 0 Å². The summed E-state index contributed by atoms with van der Waals surface area (Å²) in [6.07, 6.45) is 16.9. The molecule has 4 rings (SSSR count). The molecule has 0 amide bonds. The van der Waals surface area contributed by atoms with Gasteiger partial charge in [-0.1, -0.05) is 109 Å². The van der Waals surface area contributed by atoms with Crippen LogP contribution in [0.1, 0.15) is 80.0 Å². The maximum absolute atomic E-state index is 3.91. The molecule has 32 heavy (non-hydrogen) atoms. The molecule has 2 aliphatic carbocycles. The van der Waals surface area contributed by atoms with Crippen LogP contribution in [0.2, 0.25) is 0 Å². The second kappa shape index (κ2) is 17.0. The van der Waals surface area contributed by atoms with Crippen LogP contribution < -0.4 is 0 Å². The lowest BCUT2D eigenvalue weighted by atomic mass is 9.97. The molecule has 0 spiro atoms. The van der Waals surface area contributed by atoms with Crippen molar-refractivity contribution in [3.63, 3.8) is 0 Å². The van der Waals surface area contributed by atoms with Gasteiger partial charge < -0.3 is 0 Å². The van der Waals surface area contributed by atoms with E-state index in [2.05, 4.69) is 88.7 Å². The van der Waals surface area contributed by atoms with E-state index in [1.165, 1.54) is 91.2 Å². The molecule has 0 saturated heterocycles. The molecule has 0 heterocycles. The van der Waals surface area contributed by atoms with Crippen LogP contribution in [0.4, 0.5) is 0 Å². The Morgan fingerprint density at radius 3 is 1.34 bits per heavy atom. The first kappa shape index (κ1) is 27.4. The molecule has 2 aliphatic rings. The molecule has 2 fully saturated rings. The number of hydrogen-bond acceptors (Lipinski definition) is 0. The van der Waals surface area contributed by atoms with E-state index < -0.39 is 0 Å². The molecule has 0 N–H and O–H groups in total. The van der Waals surface area contributed by atoms with E-state index in [1.54, 1.807) is 0 Å². The predicted molar refractivity (Wildman–Crippen MR) is 146 cm³/mol. The van der Waals surface area contributed by atoms with Gasteiger partial charge in [0.2, 0.25) is 0 Å². The standard InChI is InChI=1S/C10H12.C9H10.C7H12.C6H10/c1-3-4-10-7-5-9(2)6-8-10;1-3-9-6-4-8(2)5-7-9;1-7-5-3-2-4-6-7;1-6-4-2-3-5-6/h3,5-8H,1,4H2,2H3;3-7H,1H2,2H3;1-6H2;1-5H2. The summed E-state index contributed by atoms with van der Waals surface area (Å²) in [7, 11) is 0. The quantitative estimate of drug-likeness (QED) is 0.427. The summed E-state index contributed by atoms with van der Waals surface area (Å²) in [6, 6.07) is 16.8. The van der Waals surface area contributed by atoms with Crippen molar-refractivity contribution in [2.24, 2.45) is 0 Å². The van der Waals surface area contributed by atoms with Crippen LogP contribution in [-0.2, 0) is 6.42 Å². The number of benzene rings is 2. The van der Waals surface area contributed by atoms with Crippen molar-refractivity contribution in [3.8, 4) is 0 Å². The van der Waals surface area contributed by atoms with Crippen molar-refractivity contribution in [2.75, 3.05) is 0 Å². The Bertz CT molecular complexity index is 786. The molecule has 2 aromatic rings. The number of allylic oxidation sites excluding steroid dienone is 3. The Balaban J connectivity index is 0.000000217. The van der Waals surface area contributed by atoms with E-state index in [1.807, 2.05) is 12.2 Å². The number of hydrogen-bond donors (Lipinski definition) is 0. The highest BCUT2D eigenvalue weighted by Crippen LogP contribution is 2.21. The highest BCUT2D eigenvalue weighted by atomic mass is 14.1. The van der Waals surface area contributed by atoms with Gasteiger partial charge in [0.05, 0.1) is 0 Å². The van der Waals surface area contributed by atoms with Gasteiger partial charge in [-0.2, -0.15) is 0 Å². The maximum atomic E-state index is 3.91. The third kappa shape index (κ3) is 13.7. The molecule has 0 aliphatic heterocycles. The first-order valence-electron chi connectivity index (χ1n) is 12.1. The molecular weight excluding hydrogens is 384 g/mol. The van der Waals surface area contributed by atoms with Crippen LogP contribution >= 0.6 is 0 Å².